The molecule has 0 bridgehead atoms. The van der Waals surface area contributed by atoms with Gasteiger partial charge in [-0.3, -0.25) is 9.36 Å². The van der Waals surface area contributed by atoms with Crippen LogP contribution < -0.4 is 5.56 Å². The monoisotopic (exact) mass is 338 g/mol. The summed E-state index contributed by atoms with van der Waals surface area (Å²) in [6, 6.07) is 0. The number of aryl methyl sites for hydroxylation is 2. The molecule has 0 spiro atoms. The van der Waals surface area contributed by atoms with E-state index in [4.69, 9.17) is 0 Å². The summed E-state index contributed by atoms with van der Waals surface area (Å²) in [5, 5.41) is 0. The topological polar surface area (TPSA) is 34.9 Å². The van der Waals surface area contributed by atoms with Gasteiger partial charge in [-0.05, 0) is 48.1 Å². The molecule has 84 valence electrons. The van der Waals surface area contributed by atoms with Crippen molar-refractivity contribution in [3.05, 3.63) is 25.9 Å². The molecule has 1 aromatic heterocycles. The zero-order valence-electron chi connectivity index (χ0n) is 8.74. The molecular formula is C10H15IN2OS. The molecule has 0 radical (unpaired) electrons. The lowest BCUT2D eigenvalue weighted by atomic mass is 10.2. The number of hydrogen-bond acceptors (Lipinski definition) is 3. The van der Waals surface area contributed by atoms with Gasteiger partial charge in [0.15, 0.2) is 0 Å². The van der Waals surface area contributed by atoms with Crippen LogP contribution in [0.1, 0.15) is 25.0 Å². The fourth-order valence-corrected chi connectivity index (χ4v) is 1.95. The summed E-state index contributed by atoms with van der Waals surface area (Å²) < 4.78 is 2.41. The molecule has 0 fully saturated rings. The van der Waals surface area contributed by atoms with E-state index < -0.39 is 0 Å². The first kappa shape index (κ1) is 13.0. The van der Waals surface area contributed by atoms with Gasteiger partial charge in [-0.15, -0.1) is 0 Å². The van der Waals surface area contributed by atoms with E-state index in [1.165, 1.54) is 0 Å². The number of unbranched alkanes of at least 4 members (excludes halogenated alkanes) is 2. The van der Waals surface area contributed by atoms with Gasteiger partial charge in [-0.2, -0.15) is 12.6 Å². The average molecular weight is 338 g/mol. The summed E-state index contributed by atoms with van der Waals surface area (Å²) in [6.45, 7) is 2.62. The Balaban J connectivity index is 2.63. The molecule has 5 heteroatoms. The van der Waals surface area contributed by atoms with E-state index in [0.717, 1.165) is 40.8 Å². The van der Waals surface area contributed by atoms with Crippen LogP contribution in [0.25, 0.3) is 0 Å². The standard InChI is InChI=1S/C10H15IN2OS/c1-8-9(11)10(14)13(7-12-8)5-3-2-4-6-15/h7,15H,2-6H2,1H3. The molecule has 1 rings (SSSR count). The van der Waals surface area contributed by atoms with Crippen molar-refractivity contribution in [1.82, 2.24) is 9.55 Å². The first-order valence-electron chi connectivity index (χ1n) is 4.99. The van der Waals surface area contributed by atoms with Crippen LogP contribution in [0, 0.1) is 10.5 Å². The lowest BCUT2D eigenvalue weighted by Gasteiger charge is -2.06. The minimum absolute atomic E-state index is 0.0778. The van der Waals surface area contributed by atoms with Crippen molar-refractivity contribution in [1.29, 1.82) is 0 Å². The highest BCUT2D eigenvalue weighted by Crippen LogP contribution is 2.03. The summed E-state index contributed by atoms with van der Waals surface area (Å²) in [5.74, 6) is 0.915. The largest absolute Gasteiger partial charge is 0.298 e. The van der Waals surface area contributed by atoms with Gasteiger partial charge >= 0.3 is 0 Å². The zero-order valence-corrected chi connectivity index (χ0v) is 11.8. The SMILES string of the molecule is Cc1ncn(CCCCCS)c(=O)c1I. The van der Waals surface area contributed by atoms with E-state index in [2.05, 4.69) is 40.2 Å². The van der Waals surface area contributed by atoms with Gasteiger partial charge in [0.05, 0.1) is 15.6 Å². The van der Waals surface area contributed by atoms with E-state index >= 15 is 0 Å². The summed E-state index contributed by atoms with van der Waals surface area (Å²) in [4.78, 5) is 15.9. The molecule has 0 N–H and O–H groups in total. The predicted molar refractivity (Wildman–Crippen MR) is 73.7 cm³/mol. The number of thiol groups is 1. The molecule has 0 aromatic carbocycles. The summed E-state index contributed by atoms with van der Waals surface area (Å²) >= 11 is 6.20. The fraction of sp³-hybridized carbons (Fsp3) is 0.600. The number of aromatic nitrogens is 2. The Labute approximate surface area is 109 Å². The number of hydrogen-bond donors (Lipinski definition) is 1. The van der Waals surface area contributed by atoms with Crippen LogP contribution in [0.3, 0.4) is 0 Å². The summed E-state index contributed by atoms with van der Waals surface area (Å²) in [7, 11) is 0. The van der Waals surface area contributed by atoms with Gasteiger partial charge in [0.1, 0.15) is 0 Å². The first-order valence-corrected chi connectivity index (χ1v) is 6.70. The second kappa shape index (κ2) is 6.52. The molecule has 0 saturated carbocycles. The van der Waals surface area contributed by atoms with Gasteiger partial charge in [-0.25, -0.2) is 4.98 Å². The highest BCUT2D eigenvalue weighted by molar-refractivity contribution is 14.1. The van der Waals surface area contributed by atoms with Crippen LogP contribution in [-0.4, -0.2) is 15.3 Å². The molecule has 0 aliphatic rings. The quantitative estimate of drug-likeness (QED) is 0.508. The molecule has 3 nitrogen and oxygen atoms in total. The van der Waals surface area contributed by atoms with Crippen LogP contribution >= 0.6 is 35.2 Å². The highest BCUT2D eigenvalue weighted by Gasteiger charge is 2.04. The third kappa shape index (κ3) is 3.79. The van der Waals surface area contributed by atoms with Crippen molar-refractivity contribution in [3.63, 3.8) is 0 Å². The first-order chi connectivity index (χ1) is 7.16. The van der Waals surface area contributed by atoms with Crippen LogP contribution in [0.4, 0.5) is 0 Å². The van der Waals surface area contributed by atoms with Crippen LogP contribution in [0.15, 0.2) is 11.1 Å². The van der Waals surface area contributed by atoms with Crippen molar-refractivity contribution < 1.29 is 0 Å². The van der Waals surface area contributed by atoms with Crippen LogP contribution in [0.5, 0.6) is 0 Å². The second-order valence-electron chi connectivity index (χ2n) is 3.43. The molecule has 0 saturated heterocycles. The average Bonchev–Trinajstić information content (AvgIpc) is 2.24. The fourth-order valence-electron chi connectivity index (χ4n) is 1.28. The Morgan fingerprint density at radius 1 is 1.47 bits per heavy atom. The van der Waals surface area contributed by atoms with E-state index in [-0.39, 0.29) is 5.56 Å². The van der Waals surface area contributed by atoms with E-state index in [0.29, 0.717) is 0 Å². The molecule has 0 atom stereocenters. The van der Waals surface area contributed by atoms with Crippen molar-refractivity contribution >= 4 is 35.2 Å². The molecule has 0 aliphatic carbocycles. The number of nitrogens with zero attached hydrogens (tertiary/aromatic N) is 2. The van der Waals surface area contributed by atoms with Crippen LogP contribution in [-0.2, 0) is 6.54 Å². The van der Waals surface area contributed by atoms with Crippen molar-refractivity contribution in [3.8, 4) is 0 Å². The Morgan fingerprint density at radius 2 is 2.20 bits per heavy atom. The molecule has 1 aromatic rings. The lowest BCUT2D eigenvalue weighted by Crippen LogP contribution is -2.24. The minimum atomic E-state index is 0.0778. The Morgan fingerprint density at radius 3 is 2.87 bits per heavy atom. The molecule has 15 heavy (non-hydrogen) atoms. The third-order valence-corrected chi connectivity index (χ3v) is 3.77. The Kier molecular flexibility index (Phi) is 5.66. The minimum Gasteiger partial charge on any atom is -0.298 e. The third-order valence-electron chi connectivity index (χ3n) is 2.21. The highest BCUT2D eigenvalue weighted by atomic mass is 127. The summed E-state index contributed by atoms with van der Waals surface area (Å²) in [6.07, 6.45) is 4.87. The second-order valence-corrected chi connectivity index (χ2v) is 4.95. The number of rotatable bonds is 5. The normalized spacial score (nSPS) is 10.6. The van der Waals surface area contributed by atoms with Crippen molar-refractivity contribution in [2.24, 2.45) is 0 Å². The molecule has 0 unspecified atom stereocenters. The van der Waals surface area contributed by atoms with Crippen LogP contribution in [0.2, 0.25) is 0 Å². The Bertz CT molecular complexity index is 378. The number of halogens is 1. The molecule has 0 aliphatic heterocycles. The van der Waals surface area contributed by atoms with Gasteiger partial charge < -0.3 is 0 Å². The van der Waals surface area contributed by atoms with Crippen molar-refractivity contribution in [2.75, 3.05) is 5.75 Å². The zero-order chi connectivity index (χ0) is 11.3. The maximum Gasteiger partial charge on any atom is 0.266 e. The molecular weight excluding hydrogens is 323 g/mol. The molecule has 1 heterocycles. The predicted octanol–water partition coefficient (Wildman–Crippen LogP) is 2.26. The smallest absolute Gasteiger partial charge is 0.266 e. The maximum absolute atomic E-state index is 11.8. The van der Waals surface area contributed by atoms with E-state index in [1.54, 1.807) is 10.9 Å². The Hall–Kier alpha value is -0.0400. The maximum atomic E-state index is 11.8. The van der Waals surface area contributed by atoms with Crippen molar-refractivity contribution in [2.45, 2.75) is 32.7 Å². The van der Waals surface area contributed by atoms with Gasteiger partial charge in [0.2, 0.25) is 0 Å². The van der Waals surface area contributed by atoms with E-state index in [1.807, 2.05) is 6.92 Å². The summed E-state index contributed by atoms with van der Waals surface area (Å²) in [5.41, 5.74) is 0.890. The molecule has 0 amide bonds. The lowest BCUT2D eigenvalue weighted by molar-refractivity contribution is 0.577. The van der Waals surface area contributed by atoms with E-state index in [9.17, 15) is 4.79 Å². The van der Waals surface area contributed by atoms with Gasteiger partial charge in [-0.1, -0.05) is 6.42 Å². The van der Waals surface area contributed by atoms with Gasteiger partial charge in [0, 0.05) is 6.54 Å². The van der Waals surface area contributed by atoms with Gasteiger partial charge in [0.25, 0.3) is 5.56 Å².